The third-order valence-electron chi connectivity index (χ3n) is 3.21. The smallest absolute Gasteiger partial charge is 0.125 e. The maximum absolute atomic E-state index is 9.33. The fourth-order valence-electron chi connectivity index (χ4n) is 2.00. The number of aryl methyl sites for hydroxylation is 2. The van der Waals surface area contributed by atoms with E-state index in [-0.39, 0.29) is 6.61 Å². The van der Waals surface area contributed by atoms with Gasteiger partial charge in [0.05, 0.1) is 6.61 Å². The molecule has 0 aliphatic carbocycles. The van der Waals surface area contributed by atoms with Crippen molar-refractivity contribution in [3.63, 3.8) is 0 Å². The molecule has 0 aliphatic rings. The van der Waals surface area contributed by atoms with Crippen molar-refractivity contribution in [2.24, 2.45) is 0 Å². The largest absolute Gasteiger partial charge is 0.489 e. The Balaban J connectivity index is 2.05. The van der Waals surface area contributed by atoms with Crippen molar-refractivity contribution in [1.29, 1.82) is 0 Å². The first-order valence-electron chi connectivity index (χ1n) is 6.64. The van der Waals surface area contributed by atoms with Crippen LogP contribution in [-0.4, -0.2) is 5.11 Å². The normalized spacial score (nSPS) is 10.5. The molecule has 1 N–H and O–H groups in total. The topological polar surface area (TPSA) is 29.5 Å². The van der Waals surface area contributed by atoms with Crippen LogP contribution in [0.4, 0.5) is 0 Å². The minimum atomic E-state index is 0.00574. The minimum Gasteiger partial charge on any atom is -0.489 e. The van der Waals surface area contributed by atoms with Gasteiger partial charge in [0.15, 0.2) is 0 Å². The number of hydrogen-bond donors (Lipinski definition) is 1. The quantitative estimate of drug-likeness (QED) is 0.885. The van der Waals surface area contributed by atoms with Crippen LogP contribution in [-0.2, 0) is 19.6 Å². The zero-order valence-electron chi connectivity index (χ0n) is 11.5. The van der Waals surface area contributed by atoms with Crippen LogP contribution in [0.25, 0.3) is 0 Å². The first-order valence-corrected chi connectivity index (χ1v) is 6.64. The van der Waals surface area contributed by atoms with E-state index in [9.17, 15) is 5.11 Å². The van der Waals surface area contributed by atoms with Gasteiger partial charge in [0, 0.05) is 5.56 Å². The van der Waals surface area contributed by atoms with E-state index in [1.165, 1.54) is 5.56 Å². The van der Waals surface area contributed by atoms with E-state index >= 15 is 0 Å². The van der Waals surface area contributed by atoms with Crippen molar-refractivity contribution in [2.45, 2.75) is 33.5 Å². The summed E-state index contributed by atoms with van der Waals surface area (Å²) in [6, 6.07) is 14.3. The molecule has 0 bridgehead atoms. The second-order valence-electron chi connectivity index (χ2n) is 4.73. The average Bonchev–Trinajstić information content (AvgIpc) is 2.46. The molecule has 0 radical (unpaired) electrons. The molecule has 2 aromatic carbocycles. The Bertz CT molecular complexity index is 529. The van der Waals surface area contributed by atoms with Crippen molar-refractivity contribution in [3.8, 4) is 5.75 Å². The molecule has 0 heterocycles. The molecule has 0 saturated carbocycles. The van der Waals surface area contributed by atoms with Crippen LogP contribution in [0.1, 0.15) is 29.2 Å². The lowest BCUT2D eigenvalue weighted by Gasteiger charge is -2.11. The summed E-state index contributed by atoms with van der Waals surface area (Å²) in [5, 5.41) is 9.33. The molecule has 2 rings (SSSR count). The molecule has 0 amide bonds. The van der Waals surface area contributed by atoms with Crippen LogP contribution in [0.5, 0.6) is 5.75 Å². The van der Waals surface area contributed by atoms with Crippen molar-refractivity contribution in [1.82, 2.24) is 0 Å². The van der Waals surface area contributed by atoms with Gasteiger partial charge in [-0.05, 0) is 30.5 Å². The van der Waals surface area contributed by atoms with Gasteiger partial charge in [-0.3, -0.25) is 0 Å². The summed E-state index contributed by atoms with van der Waals surface area (Å²) in [6.07, 6.45) is 1.05. The molecule has 19 heavy (non-hydrogen) atoms. The van der Waals surface area contributed by atoms with Gasteiger partial charge in [-0.2, -0.15) is 0 Å². The Morgan fingerprint density at radius 1 is 1.00 bits per heavy atom. The summed E-state index contributed by atoms with van der Waals surface area (Å²) < 4.78 is 5.78. The molecule has 0 fully saturated rings. The molecular weight excluding hydrogens is 236 g/mol. The molecule has 0 saturated heterocycles. The zero-order valence-corrected chi connectivity index (χ0v) is 11.5. The molecule has 0 atom stereocenters. The van der Waals surface area contributed by atoms with Gasteiger partial charge in [0.2, 0.25) is 0 Å². The Morgan fingerprint density at radius 3 is 2.32 bits per heavy atom. The van der Waals surface area contributed by atoms with Gasteiger partial charge in [-0.25, -0.2) is 0 Å². The monoisotopic (exact) mass is 256 g/mol. The van der Waals surface area contributed by atoms with Crippen LogP contribution in [0.2, 0.25) is 0 Å². The molecule has 0 unspecified atom stereocenters. The fraction of sp³-hybridized carbons (Fsp3) is 0.294. The third kappa shape index (κ3) is 3.58. The van der Waals surface area contributed by atoms with Gasteiger partial charge in [-0.15, -0.1) is 0 Å². The van der Waals surface area contributed by atoms with Crippen LogP contribution in [0.3, 0.4) is 0 Å². The first kappa shape index (κ1) is 13.6. The summed E-state index contributed by atoms with van der Waals surface area (Å²) in [5.74, 6) is 0.757. The van der Waals surface area contributed by atoms with Crippen LogP contribution in [0.15, 0.2) is 42.5 Å². The Morgan fingerprint density at radius 2 is 1.68 bits per heavy atom. The molecule has 0 aromatic heterocycles. The Labute approximate surface area is 114 Å². The Kier molecular flexibility index (Phi) is 4.58. The van der Waals surface area contributed by atoms with Gasteiger partial charge in [0.25, 0.3) is 0 Å². The van der Waals surface area contributed by atoms with Crippen LogP contribution in [0, 0.1) is 6.92 Å². The maximum atomic E-state index is 9.33. The van der Waals surface area contributed by atoms with E-state index in [1.54, 1.807) is 0 Å². The van der Waals surface area contributed by atoms with E-state index < -0.39 is 0 Å². The van der Waals surface area contributed by atoms with Crippen molar-refractivity contribution in [3.05, 3.63) is 64.7 Å². The Hall–Kier alpha value is -1.80. The molecular formula is C17H20O2. The fourth-order valence-corrected chi connectivity index (χ4v) is 2.00. The summed E-state index contributed by atoms with van der Waals surface area (Å²) >= 11 is 0. The summed E-state index contributed by atoms with van der Waals surface area (Å²) in [7, 11) is 0. The van der Waals surface area contributed by atoms with Gasteiger partial charge in [0.1, 0.15) is 12.4 Å². The number of aliphatic hydroxyl groups is 1. The number of hydrogen-bond acceptors (Lipinski definition) is 2. The van der Waals surface area contributed by atoms with E-state index in [4.69, 9.17) is 4.74 Å². The van der Waals surface area contributed by atoms with E-state index in [1.807, 2.05) is 25.1 Å². The van der Waals surface area contributed by atoms with E-state index in [0.29, 0.717) is 6.61 Å². The summed E-state index contributed by atoms with van der Waals surface area (Å²) in [4.78, 5) is 0. The van der Waals surface area contributed by atoms with Crippen LogP contribution < -0.4 is 4.74 Å². The predicted molar refractivity (Wildman–Crippen MR) is 77.3 cm³/mol. The number of benzene rings is 2. The predicted octanol–water partition coefficient (Wildman–Crippen LogP) is 3.63. The lowest BCUT2D eigenvalue weighted by atomic mass is 10.1. The first-order chi connectivity index (χ1) is 9.22. The summed E-state index contributed by atoms with van der Waals surface area (Å²) in [5.41, 5.74) is 4.44. The maximum Gasteiger partial charge on any atom is 0.125 e. The number of rotatable bonds is 5. The van der Waals surface area contributed by atoms with E-state index in [2.05, 4.69) is 31.2 Å². The minimum absolute atomic E-state index is 0.00574. The second-order valence-corrected chi connectivity index (χ2v) is 4.73. The van der Waals surface area contributed by atoms with E-state index in [0.717, 1.165) is 28.9 Å². The van der Waals surface area contributed by atoms with Gasteiger partial charge in [-0.1, -0.05) is 48.9 Å². The lowest BCUT2D eigenvalue weighted by molar-refractivity contribution is 0.259. The second kappa shape index (κ2) is 6.39. The van der Waals surface area contributed by atoms with Crippen molar-refractivity contribution >= 4 is 0 Å². The third-order valence-corrected chi connectivity index (χ3v) is 3.21. The molecule has 2 heteroatoms. The van der Waals surface area contributed by atoms with Crippen LogP contribution >= 0.6 is 0 Å². The SMILES string of the molecule is CCc1ccc(COc2ccc(C)cc2CO)cc1. The highest BCUT2D eigenvalue weighted by Gasteiger charge is 2.03. The van der Waals surface area contributed by atoms with Crippen molar-refractivity contribution < 1.29 is 9.84 Å². The lowest BCUT2D eigenvalue weighted by Crippen LogP contribution is -1.99. The van der Waals surface area contributed by atoms with Crippen molar-refractivity contribution in [2.75, 3.05) is 0 Å². The molecule has 0 aliphatic heterocycles. The standard InChI is InChI=1S/C17H20O2/c1-3-14-5-7-15(8-6-14)12-19-17-9-4-13(2)10-16(17)11-18/h4-10,18H,3,11-12H2,1-2H3. The summed E-state index contributed by atoms with van der Waals surface area (Å²) in [6.45, 7) is 4.68. The van der Waals surface area contributed by atoms with Gasteiger partial charge < -0.3 is 9.84 Å². The number of aliphatic hydroxyl groups excluding tert-OH is 1. The molecule has 100 valence electrons. The molecule has 2 aromatic rings. The molecule has 2 nitrogen and oxygen atoms in total. The zero-order chi connectivity index (χ0) is 13.7. The average molecular weight is 256 g/mol. The molecule has 0 spiro atoms. The number of ether oxygens (including phenoxy) is 1. The highest BCUT2D eigenvalue weighted by atomic mass is 16.5. The highest BCUT2D eigenvalue weighted by molar-refractivity contribution is 5.36. The van der Waals surface area contributed by atoms with Gasteiger partial charge >= 0.3 is 0 Å². The highest BCUT2D eigenvalue weighted by Crippen LogP contribution is 2.21.